The van der Waals surface area contributed by atoms with Crippen molar-refractivity contribution in [2.24, 2.45) is 0 Å². The Kier molecular flexibility index (Phi) is 5.52. The van der Waals surface area contributed by atoms with E-state index in [4.69, 9.17) is 4.74 Å². The maximum Gasteiger partial charge on any atom is 0.262 e. The molecule has 0 saturated carbocycles. The summed E-state index contributed by atoms with van der Waals surface area (Å²) in [5.41, 5.74) is 2.48. The van der Waals surface area contributed by atoms with Crippen LogP contribution in [0.3, 0.4) is 0 Å². The number of carbonyl (C=O) groups excluding carboxylic acids is 2. The molecule has 0 fully saturated rings. The average molecular weight is 311 g/mol. The van der Waals surface area contributed by atoms with E-state index < -0.39 is 0 Å². The number of anilines is 1. The topological polar surface area (TPSA) is 55.4 Å². The normalized spacial score (nSPS) is 10.4. The maximum atomic E-state index is 11.9. The lowest BCUT2D eigenvalue weighted by molar-refractivity contribution is -0.118. The van der Waals surface area contributed by atoms with Crippen LogP contribution < -0.4 is 10.1 Å². The molecule has 0 aliphatic carbocycles. The lowest BCUT2D eigenvalue weighted by Crippen LogP contribution is -2.20. The minimum absolute atomic E-state index is 0.00365. The number of carbonyl (C=O) groups is 2. The molecular formula is C19H21NO3. The minimum Gasteiger partial charge on any atom is -0.484 e. The summed E-state index contributed by atoms with van der Waals surface area (Å²) in [4.78, 5) is 23.1. The number of nitrogens with one attached hydrogen (secondary N) is 1. The van der Waals surface area contributed by atoms with Gasteiger partial charge in [0.1, 0.15) is 5.75 Å². The molecule has 0 radical (unpaired) electrons. The third-order valence-corrected chi connectivity index (χ3v) is 3.49. The van der Waals surface area contributed by atoms with Crippen LogP contribution in [0.1, 0.15) is 42.6 Å². The Morgan fingerprint density at radius 1 is 1.00 bits per heavy atom. The Hall–Kier alpha value is -2.62. The van der Waals surface area contributed by atoms with Gasteiger partial charge in [-0.05, 0) is 54.8 Å². The fourth-order valence-electron chi connectivity index (χ4n) is 2.08. The minimum atomic E-state index is -0.242. The fraction of sp³-hybridized carbons (Fsp3) is 0.263. The van der Waals surface area contributed by atoms with E-state index in [-0.39, 0.29) is 18.3 Å². The molecule has 120 valence electrons. The molecule has 4 nitrogen and oxygen atoms in total. The van der Waals surface area contributed by atoms with Crippen molar-refractivity contribution >= 4 is 17.4 Å². The first-order valence-corrected chi connectivity index (χ1v) is 7.59. The zero-order valence-corrected chi connectivity index (χ0v) is 13.6. The number of Topliss-reactive ketones (excluding diaryl/α,β-unsaturated/α-hetero) is 1. The lowest BCUT2D eigenvalue weighted by Gasteiger charge is -2.09. The molecule has 23 heavy (non-hydrogen) atoms. The van der Waals surface area contributed by atoms with Gasteiger partial charge in [0, 0.05) is 11.3 Å². The van der Waals surface area contributed by atoms with Crippen molar-refractivity contribution < 1.29 is 14.3 Å². The predicted octanol–water partition coefficient (Wildman–Crippen LogP) is 4.03. The van der Waals surface area contributed by atoms with E-state index in [1.165, 1.54) is 12.5 Å². The van der Waals surface area contributed by atoms with Crippen LogP contribution in [0.15, 0.2) is 48.5 Å². The lowest BCUT2D eigenvalue weighted by atomic mass is 10.0. The van der Waals surface area contributed by atoms with Crippen molar-refractivity contribution in [1.82, 2.24) is 0 Å². The van der Waals surface area contributed by atoms with E-state index in [0.717, 1.165) is 0 Å². The molecule has 4 heteroatoms. The summed E-state index contributed by atoms with van der Waals surface area (Å²) in [5.74, 6) is 0.881. The van der Waals surface area contributed by atoms with Crippen molar-refractivity contribution in [1.29, 1.82) is 0 Å². The summed E-state index contributed by atoms with van der Waals surface area (Å²) >= 11 is 0. The molecule has 1 N–H and O–H groups in total. The number of rotatable bonds is 6. The largest absolute Gasteiger partial charge is 0.484 e. The smallest absolute Gasteiger partial charge is 0.262 e. The van der Waals surface area contributed by atoms with E-state index in [1.54, 1.807) is 24.3 Å². The highest BCUT2D eigenvalue weighted by Gasteiger charge is 2.05. The van der Waals surface area contributed by atoms with E-state index in [9.17, 15) is 9.59 Å². The van der Waals surface area contributed by atoms with Gasteiger partial charge in [0.15, 0.2) is 12.4 Å². The Balaban J connectivity index is 1.86. The predicted molar refractivity (Wildman–Crippen MR) is 91.1 cm³/mol. The number of hydrogen-bond acceptors (Lipinski definition) is 3. The molecule has 2 aromatic rings. The summed E-state index contributed by atoms with van der Waals surface area (Å²) in [5, 5.41) is 2.73. The zero-order chi connectivity index (χ0) is 16.8. The van der Waals surface area contributed by atoms with Gasteiger partial charge in [-0.1, -0.05) is 26.0 Å². The van der Waals surface area contributed by atoms with Gasteiger partial charge in [0.25, 0.3) is 5.91 Å². The highest BCUT2D eigenvalue weighted by molar-refractivity contribution is 5.95. The molecule has 0 atom stereocenters. The Labute approximate surface area is 136 Å². The summed E-state index contributed by atoms with van der Waals surface area (Å²) < 4.78 is 5.47. The van der Waals surface area contributed by atoms with Crippen LogP contribution in [-0.2, 0) is 4.79 Å². The Morgan fingerprint density at radius 2 is 1.61 bits per heavy atom. The van der Waals surface area contributed by atoms with Gasteiger partial charge in [-0.3, -0.25) is 9.59 Å². The highest BCUT2D eigenvalue weighted by Crippen LogP contribution is 2.18. The van der Waals surface area contributed by atoms with E-state index >= 15 is 0 Å². The number of hydrogen-bond donors (Lipinski definition) is 1. The summed E-state index contributed by atoms with van der Waals surface area (Å²) in [6.45, 7) is 5.70. The second-order valence-electron chi connectivity index (χ2n) is 5.69. The second kappa shape index (κ2) is 7.58. The van der Waals surface area contributed by atoms with Gasteiger partial charge in [-0.15, -0.1) is 0 Å². The van der Waals surface area contributed by atoms with Crippen molar-refractivity contribution in [3.8, 4) is 5.75 Å². The van der Waals surface area contributed by atoms with Gasteiger partial charge < -0.3 is 10.1 Å². The van der Waals surface area contributed by atoms with E-state index in [1.807, 2.05) is 24.3 Å². The van der Waals surface area contributed by atoms with Crippen LogP contribution in [0, 0.1) is 0 Å². The standard InChI is InChI=1S/C19H21NO3/c1-13(2)15-6-10-18(11-7-15)23-12-19(22)20-17-8-4-16(5-9-17)14(3)21/h4-11,13H,12H2,1-3H3,(H,20,22). The first-order chi connectivity index (χ1) is 11.0. The summed E-state index contributed by atoms with van der Waals surface area (Å²) in [6.07, 6.45) is 0. The molecule has 0 spiro atoms. The van der Waals surface area contributed by atoms with Crippen molar-refractivity contribution in [2.45, 2.75) is 26.7 Å². The van der Waals surface area contributed by atoms with Crippen LogP contribution >= 0.6 is 0 Å². The first kappa shape index (κ1) is 16.7. The molecule has 0 saturated heterocycles. The maximum absolute atomic E-state index is 11.9. The van der Waals surface area contributed by atoms with Crippen LogP contribution in [-0.4, -0.2) is 18.3 Å². The number of amides is 1. The molecule has 0 unspecified atom stereocenters. The van der Waals surface area contributed by atoms with Crippen molar-refractivity contribution in [2.75, 3.05) is 11.9 Å². The highest BCUT2D eigenvalue weighted by atomic mass is 16.5. The second-order valence-corrected chi connectivity index (χ2v) is 5.69. The van der Waals surface area contributed by atoms with Gasteiger partial charge in [-0.2, -0.15) is 0 Å². The van der Waals surface area contributed by atoms with Gasteiger partial charge in [0.05, 0.1) is 0 Å². The number of ether oxygens (including phenoxy) is 1. The fourth-order valence-corrected chi connectivity index (χ4v) is 2.08. The van der Waals surface area contributed by atoms with Gasteiger partial charge in [-0.25, -0.2) is 0 Å². The average Bonchev–Trinajstić information content (AvgIpc) is 2.54. The molecule has 0 heterocycles. The molecule has 2 aromatic carbocycles. The van der Waals surface area contributed by atoms with Crippen LogP contribution in [0.4, 0.5) is 5.69 Å². The first-order valence-electron chi connectivity index (χ1n) is 7.59. The molecule has 0 aromatic heterocycles. The third kappa shape index (κ3) is 4.95. The quantitative estimate of drug-likeness (QED) is 0.819. The van der Waals surface area contributed by atoms with Gasteiger partial charge in [0.2, 0.25) is 0 Å². The number of ketones is 1. The van der Waals surface area contributed by atoms with Crippen molar-refractivity contribution in [3.05, 3.63) is 59.7 Å². The van der Waals surface area contributed by atoms with E-state index in [0.29, 0.717) is 22.9 Å². The molecule has 0 bridgehead atoms. The zero-order valence-electron chi connectivity index (χ0n) is 13.6. The van der Waals surface area contributed by atoms with Crippen LogP contribution in [0.2, 0.25) is 0 Å². The third-order valence-electron chi connectivity index (χ3n) is 3.49. The Bertz CT molecular complexity index is 673. The van der Waals surface area contributed by atoms with Crippen molar-refractivity contribution in [3.63, 3.8) is 0 Å². The molecule has 1 amide bonds. The number of benzene rings is 2. The molecule has 0 aliphatic rings. The monoisotopic (exact) mass is 311 g/mol. The van der Waals surface area contributed by atoms with E-state index in [2.05, 4.69) is 19.2 Å². The SMILES string of the molecule is CC(=O)c1ccc(NC(=O)COc2ccc(C(C)C)cc2)cc1. The summed E-state index contributed by atoms with van der Waals surface area (Å²) in [7, 11) is 0. The summed E-state index contributed by atoms with van der Waals surface area (Å²) in [6, 6.07) is 14.5. The molecule has 0 aliphatic heterocycles. The Morgan fingerprint density at radius 3 is 2.13 bits per heavy atom. The van der Waals surface area contributed by atoms with Crippen LogP contribution in [0.5, 0.6) is 5.75 Å². The molecular weight excluding hydrogens is 290 g/mol. The van der Waals surface area contributed by atoms with Crippen LogP contribution in [0.25, 0.3) is 0 Å². The molecule has 2 rings (SSSR count). The van der Waals surface area contributed by atoms with Gasteiger partial charge >= 0.3 is 0 Å².